The van der Waals surface area contributed by atoms with E-state index in [1.807, 2.05) is 36.4 Å². The number of hydrogen-bond acceptors (Lipinski definition) is 4. The number of nitrogens with zero attached hydrogens (tertiary/aromatic N) is 1. The predicted octanol–water partition coefficient (Wildman–Crippen LogP) is 0.643. The van der Waals surface area contributed by atoms with Crippen molar-refractivity contribution >= 4 is 17.2 Å². The van der Waals surface area contributed by atoms with Gasteiger partial charge in [-0.05, 0) is 25.4 Å². The molecule has 1 amide bonds. The molecule has 0 aliphatic carbocycles. The Balaban J connectivity index is 2.20. The highest BCUT2D eigenvalue weighted by Crippen LogP contribution is 2.07. The lowest BCUT2D eigenvalue weighted by molar-refractivity contribution is -0.122. The summed E-state index contributed by atoms with van der Waals surface area (Å²) in [6, 6.07) is 4.08. The van der Waals surface area contributed by atoms with Crippen LogP contribution >= 0.6 is 11.3 Å². The third kappa shape index (κ3) is 5.25. The number of rotatable bonds is 6. The van der Waals surface area contributed by atoms with Crippen LogP contribution in [0.1, 0.15) is 11.8 Å². The minimum absolute atomic E-state index is 0.0385. The Hall–Kier alpha value is -0.910. The first kappa shape index (κ1) is 13.2. The number of carbonyl (C=O) groups excluding carboxylic acids is 1. The second kappa shape index (κ2) is 6.62. The normalized spacial score (nSPS) is 12.8. The molecule has 0 aromatic carbocycles. The highest BCUT2D eigenvalue weighted by molar-refractivity contribution is 7.09. The van der Waals surface area contributed by atoms with E-state index in [0.717, 1.165) is 6.54 Å². The van der Waals surface area contributed by atoms with Crippen LogP contribution in [0, 0.1) is 0 Å². The van der Waals surface area contributed by atoms with Crippen LogP contribution in [0.4, 0.5) is 0 Å². The van der Waals surface area contributed by atoms with Gasteiger partial charge in [-0.15, -0.1) is 11.3 Å². The van der Waals surface area contributed by atoms with E-state index in [2.05, 4.69) is 5.32 Å². The Bertz CT molecular complexity index is 311. The number of thiophene rings is 1. The van der Waals surface area contributed by atoms with Gasteiger partial charge >= 0.3 is 0 Å². The Morgan fingerprint density at radius 1 is 1.69 bits per heavy atom. The molecule has 0 saturated carbocycles. The van der Waals surface area contributed by atoms with Crippen molar-refractivity contribution in [3.63, 3.8) is 0 Å². The zero-order valence-corrected chi connectivity index (χ0v) is 10.6. The van der Waals surface area contributed by atoms with Gasteiger partial charge in [0.2, 0.25) is 5.91 Å². The number of likely N-dealkylation sites (N-methyl/N-ethyl adjacent to an activating group) is 1. The third-order valence-corrected chi connectivity index (χ3v) is 2.93. The van der Waals surface area contributed by atoms with Crippen molar-refractivity contribution in [2.75, 3.05) is 20.1 Å². The Morgan fingerprint density at radius 3 is 3.00 bits per heavy atom. The molecule has 0 saturated heterocycles. The molecule has 16 heavy (non-hydrogen) atoms. The second-order valence-electron chi connectivity index (χ2n) is 4.03. The first-order chi connectivity index (χ1) is 7.58. The van der Waals surface area contributed by atoms with E-state index in [0.29, 0.717) is 13.1 Å². The maximum absolute atomic E-state index is 11.5. The van der Waals surface area contributed by atoms with Crippen LogP contribution in [0.5, 0.6) is 0 Å². The summed E-state index contributed by atoms with van der Waals surface area (Å²) in [6.07, 6.45) is 0. The molecular formula is C11H19N3OS. The quantitative estimate of drug-likeness (QED) is 0.768. The first-order valence-corrected chi connectivity index (χ1v) is 6.19. The van der Waals surface area contributed by atoms with Crippen molar-refractivity contribution in [2.24, 2.45) is 5.73 Å². The lowest BCUT2D eigenvalue weighted by Crippen LogP contribution is -2.39. The van der Waals surface area contributed by atoms with Crippen LogP contribution in [-0.4, -0.2) is 37.0 Å². The molecule has 1 rings (SSSR count). The summed E-state index contributed by atoms with van der Waals surface area (Å²) in [7, 11) is 1.90. The molecule has 1 heterocycles. The number of nitrogens with one attached hydrogen (secondary N) is 1. The molecule has 0 fully saturated rings. The average Bonchev–Trinajstić information content (AvgIpc) is 2.65. The smallest absolute Gasteiger partial charge is 0.234 e. The molecule has 0 spiro atoms. The molecule has 1 unspecified atom stereocenters. The van der Waals surface area contributed by atoms with Crippen molar-refractivity contribution < 1.29 is 4.79 Å². The summed E-state index contributed by atoms with van der Waals surface area (Å²) in [5.74, 6) is 0.0385. The third-order valence-electron chi connectivity index (χ3n) is 2.05. The summed E-state index contributed by atoms with van der Waals surface area (Å²) >= 11 is 1.65. The minimum Gasteiger partial charge on any atom is -0.350 e. The summed E-state index contributed by atoms with van der Waals surface area (Å²) in [4.78, 5) is 14.6. The number of amides is 1. The molecule has 1 atom stereocenters. The predicted molar refractivity (Wildman–Crippen MR) is 67.3 cm³/mol. The molecule has 0 aliphatic heterocycles. The van der Waals surface area contributed by atoms with Gasteiger partial charge < -0.3 is 11.1 Å². The number of carbonyl (C=O) groups is 1. The molecule has 0 bridgehead atoms. The van der Waals surface area contributed by atoms with Gasteiger partial charge in [0.25, 0.3) is 0 Å². The van der Waals surface area contributed by atoms with Crippen molar-refractivity contribution in [2.45, 2.75) is 19.5 Å². The maximum atomic E-state index is 11.5. The fourth-order valence-electron chi connectivity index (χ4n) is 1.46. The van der Waals surface area contributed by atoms with Gasteiger partial charge in [0.15, 0.2) is 0 Å². The van der Waals surface area contributed by atoms with Gasteiger partial charge in [-0.1, -0.05) is 6.07 Å². The van der Waals surface area contributed by atoms with Crippen LogP contribution < -0.4 is 11.1 Å². The summed E-state index contributed by atoms with van der Waals surface area (Å²) in [6.45, 7) is 3.67. The lowest BCUT2D eigenvalue weighted by Gasteiger charge is -2.18. The fraction of sp³-hybridized carbons (Fsp3) is 0.545. The van der Waals surface area contributed by atoms with E-state index >= 15 is 0 Å². The number of nitrogens with two attached hydrogens (primary N) is 1. The van der Waals surface area contributed by atoms with Crippen LogP contribution in [-0.2, 0) is 11.3 Å². The second-order valence-corrected chi connectivity index (χ2v) is 5.06. The highest BCUT2D eigenvalue weighted by Gasteiger charge is 2.07. The van der Waals surface area contributed by atoms with Crippen LogP contribution in [0.25, 0.3) is 0 Å². The topological polar surface area (TPSA) is 58.4 Å². The summed E-state index contributed by atoms with van der Waals surface area (Å²) in [5.41, 5.74) is 5.65. The van der Waals surface area contributed by atoms with Gasteiger partial charge in [-0.3, -0.25) is 9.69 Å². The average molecular weight is 241 g/mol. The largest absolute Gasteiger partial charge is 0.350 e. The molecule has 1 aromatic heterocycles. The maximum Gasteiger partial charge on any atom is 0.234 e. The van der Waals surface area contributed by atoms with Gasteiger partial charge in [-0.2, -0.15) is 0 Å². The lowest BCUT2D eigenvalue weighted by atomic mass is 10.3. The van der Waals surface area contributed by atoms with Gasteiger partial charge in [0, 0.05) is 17.5 Å². The Kier molecular flexibility index (Phi) is 5.45. The molecule has 3 N–H and O–H groups in total. The van der Waals surface area contributed by atoms with E-state index in [4.69, 9.17) is 5.73 Å². The van der Waals surface area contributed by atoms with E-state index in [-0.39, 0.29) is 11.9 Å². The minimum atomic E-state index is 0.0385. The van der Waals surface area contributed by atoms with E-state index in [1.54, 1.807) is 11.3 Å². The molecule has 4 nitrogen and oxygen atoms in total. The van der Waals surface area contributed by atoms with Crippen LogP contribution in [0.15, 0.2) is 17.5 Å². The molecule has 90 valence electrons. The van der Waals surface area contributed by atoms with Crippen molar-refractivity contribution in [1.82, 2.24) is 10.2 Å². The zero-order valence-electron chi connectivity index (χ0n) is 9.77. The molecule has 1 aromatic rings. The zero-order chi connectivity index (χ0) is 12.0. The highest BCUT2D eigenvalue weighted by atomic mass is 32.1. The molecular weight excluding hydrogens is 222 g/mol. The van der Waals surface area contributed by atoms with Gasteiger partial charge in [0.1, 0.15) is 0 Å². The van der Waals surface area contributed by atoms with Crippen LogP contribution in [0.3, 0.4) is 0 Å². The van der Waals surface area contributed by atoms with E-state index in [9.17, 15) is 4.79 Å². The summed E-state index contributed by atoms with van der Waals surface area (Å²) in [5, 5.41) is 4.88. The van der Waals surface area contributed by atoms with E-state index < -0.39 is 0 Å². The van der Waals surface area contributed by atoms with Gasteiger partial charge in [0.05, 0.1) is 13.1 Å². The fourth-order valence-corrected chi connectivity index (χ4v) is 2.10. The van der Waals surface area contributed by atoms with Gasteiger partial charge in [-0.25, -0.2) is 0 Å². The standard InChI is InChI=1S/C11H19N3OS/c1-9(12)7-14(2)8-11(15)13-6-10-4-3-5-16-10/h3-5,9H,6-8,12H2,1-2H3,(H,13,15). The molecule has 0 aliphatic rings. The van der Waals surface area contributed by atoms with Crippen LogP contribution in [0.2, 0.25) is 0 Å². The van der Waals surface area contributed by atoms with E-state index in [1.165, 1.54) is 4.88 Å². The van der Waals surface area contributed by atoms with Crippen molar-refractivity contribution in [3.8, 4) is 0 Å². The Morgan fingerprint density at radius 2 is 2.44 bits per heavy atom. The summed E-state index contributed by atoms with van der Waals surface area (Å²) < 4.78 is 0. The first-order valence-electron chi connectivity index (χ1n) is 5.31. The molecule has 5 heteroatoms. The Labute approximate surface area is 100 Å². The monoisotopic (exact) mass is 241 g/mol. The molecule has 0 radical (unpaired) electrons. The van der Waals surface area contributed by atoms with Crippen molar-refractivity contribution in [1.29, 1.82) is 0 Å². The van der Waals surface area contributed by atoms with Crippen molar-refractivity contribution in [3.05, 3.63) is 22.4 Å². The number of hydrogen-bond donors (Lipinski definition) is 2. The SMILES string of the molecule is CC(N)CN(C)CC(=O)NCc1cccs1.